The number of esters is 1. The van der Waals surface area contributed by atoms with Gasteiger partial charge in [0.2, 0.25) is 0 Å². The first-order valence-corrected chi connectivity index (χ1v) is 10.9. The van der Waals surface area contributed by atoms with Gasteiger partial charge in [-0.15, -0.1) is 0 Å². The number of hydrogen-bond donors (Lipinski definition) is 0. The number of halogens is 1. The van der Waals surface area contributed by atoms with Crippen molar-refractivity contribution in [3.05, 3.63) is 72.1 Å². The van der Waals surface area contributed by atoms with Gasteiger partial charge < -0.3 is 18.8 Å². The number of rotatable bonds is 7. The van der Waals surface area contributed by atoms with Crippen LogP contribution in [0.5, 0.6) is 11.5 Å². The molecule has 1 aliphatic heterocycles. The molecule has 1 aromatic heterocycles. The molecule has 32 heavy (non-hydrogen) atoms. The molecule has 2 atom stereocenters. The van der Waals surface area contributed by atoms with Crippen LogP contribution in [0.3, 0.4) is 0 Å². The maximum atomic E-state index is 14.1. The third-order valence-electron chi connectivity index (χ3n) is 5.66. The molecule has 6 nitrogen and oxygen atoms in total. The highest BCUT2D eigenvalue weighted by molar-refractivity contribution is 5.75. The Balaban J connectivity index is 1.37. The lowest BCUT2D eigenvalue weighted by atomic mass is 9.94. The molecule has 0 amide bonds. The molecule has 2 unspecified atom stereocenters. The van der Waals surface area contributed by atoms with E-state index in [2.05, 4.69) is 4.98 Å². The fraction of sp³-hybridized carbons (Fsp3) is 0.360. The molecule has 0 radical (unpaired) electrons. The van der Waals surface area contributed by atoms with E-state index < -0.39 is 5.82 Å². The summed E-state index contributed by atoms with van der Waals surface area (Å²) in [7, 11) is 0. The molecule has 0 spiro atoms. The summed E-state index contributed by atoms with van der Waals surface area (Å²) in [4.78, 5) is 16.8. The monoisotopic (exact) mass is 438 g/mol. The molecule has 0 N–H and O–H groups in total. The first-order chi connectivity index (χ1) is 15.5. The number of aromatic nitrogens is 2. The van der Waals surface area contributed by atoms with Gasteiger partial charge in [-0.1, -0.05) is 19.1 Å². The third kappa shape index (κ3) is 5.34. The highest BCUT2D eigenvalue weighted by Crippen LogP contribution is 2.27. The van der Waals surface area contributed by atoms with Gasteiger partial charge in [0.15, 0.2) is 0 Å². The van der Waals surface area contributed by atoms with Crippen molar-refractivity contribution in [3.8, 4) is 17.2 Å². The van der Waals surface area contributed by atoms with Crippen molar-refractivity contribution >= 4 is 5.97 Å². The van der Waals surface area contributed by atoms with Crippen molar-refractivity contribution < 1.29 is 23.4 Å². The third-order valence-corrected chi connectivity index (χ3v) is 5.66. The van der Waals surface area contributed by atoms with Gasteiger partial charge in [0.05, 0.1) is 12.0 Å². The van der Waals surface area contributed by atoms with Gasteiger partial charge in [-0.3, -0.25) is 4.79 Å². The predicted molar refractivity (Wildman–Crippen MR) is 117 cm³/mol. The zero-order chi connectivity index (χ0) is 22.5. The number of nitrogens with zero attached hydrogens (tertiary/aromatic N) is 2. The van der Waals surface area contributed by atoms with E-state index in [1.807, 2.05) is 48.9 Å². The first kappa shape index (κ1) is 22.0. The van der Waals surface area contributed by atoms with Crippen LogP contribution in [0.4, 0.5) is 4.39 Å². The van der Waals surface area contributed by atoms with Crippen molar-refractivity contribution in [3.63, 3.8) is 0 Å². The lowest BCUT2D eigenvalue weighted by molar-refractivity contribution is -0.144. The minimum absolute atomic E-state index is 0.0665. The Morgan fingerprint density at radius 2 is 2.00 bits per heavy atom. The summed E-state index contributed by atoms with van der Waals surface area (Å²) in [6.45, 7) is 4.77. The topological polar surface area (TPSA) is 62.6 Å². The maximum absolute atomic E-state index is 14.1. The van der Waals surface area contributed by atoms with Crippen molar-refractivity contribution in [2.45, 2.75) is 45.8 Å². The van der Waals surface area contributed by atoms with Crippen LogP contribution in [0, 0.1) is 18.7 Å². The van der Waals surface area contributed by atoms with Gasteiger partial charge in [0.25, 0.3) is 0 Å². The predicted octanol–water partition coefficient (Wildman–Crippen LogP) is 5.01. The lowest BCUT2D eigenvalue weighted by Gasteiger charge is -2.27. The normalized spacial score (nSPS) is 18.3. The fourth-order valence-electron chi connectivity index (χ4n) is 3.83. The second-order valence-corrected chi connectivity index (χ2v) is 7.97. The second-order valence-electron chi connectivity index (χ2n) is 7.97. The lowest BCUT2D eigenvalue weighted by Crippen LogP contribution is -2.32. The number of carbonyl (C=O) groups excluding carboxylic acids is 1. The van der Waals surface area contributed by atoms with Gasteiger partial charge in [-0.2, -0.15) is 0 Å². The van der Waals surface area contributed by atoms with Crippen LogP contribution in [0.15, 0.2) is 54.9 Å². The Hall–Kier alpha value is -3.19. The van der Waals surface area contributed by atoms with Crippen molar-refractivity contribution in [1.82, 2.24) is 9.55 Å². The Bertz CT molecular complexity index is 1060. The van der Waals surface area contributed by atoms with Gasteiger partial charge in [-0.25, -0.2) is 9.37 Å². The fourth-order valence-corrected chi connectivity index (χ4v) is 3.83. The minimum atomic E-state index is -0.519. The molecule has 1 fully saturated rings. The molecule has 0 bridgehead atoms. The molecule has 1 aliphatic rings. The Morgan fingerprint density at radius 3 is 2.72 bits per heavy atom. The number of benzene rings is 2. The summed E-state index contributed by atoms with van der Waals surface area (Å²) < 4.78 is 32.9. The van der Waals surface area contributed by atoms with Crippen molar-refractivity contribution in [2.24, 2.45) is 5.92 Å². The number of hydrogen-bond acceptors (Lipinski definition) is 5. The van der Waals surface area contributed by atoms with Gasteiger partial charge in [0, 0.05) is 42.9 Å². The van der Waals surface area contributed by atoms with Crippen LogP contribution in [-0.2, 0) is 16.1 Å². The molecule has 1 saturated heterocycles. The molecule has 7 heteroatoms. The van der Waals surface area contributed by atoms with Crippen molar-refractivity contribution in [1.29, 1.82) is 0 Å². The summed E-state index contributed by atoms with van der Waals surface area (Å²) in [5.41, 5.74) is 1.93. The van der Waals surface area contributed by atoms with E-state index in [0.717, 1.165) is 23.5 Å². The number of carbonyl (C=O) groups is 1. The Morgan fingerprint density at radius 1 is 1.22 bits per heavy atom. The van der Waals surface area contributed by atoms with E-state index in [0.29, 0.717) is 25.2 Å². The van der Waals surface area contributed by atoms with E-state index in [-0.39, 0.29) is 30.3 Å². The van der Waals surface area contributed by atoms with Gasteiger partial charge >= 0.3 is 5.97 Å². The zero-order valence-corrected chi connectivity index (χ0v) is 18.3. The number of aryl methyl sites for hydroxylation is 1. The molecule has 0 aliphatic carbocycles. The highest BCUT2D eigenvalue weighted by Gasteiger charge is 2.28. The van der Waals surface area contributed by atoms with E-state index in [4.69, 9.17) is 14.2 Å². The van der Waals surface area contributed by atoms with Gasteiger partial charge in [-0.05, 0) is 43.9 Å². The van der Waals surface area contributed by atoms with Gasteiger partial charge in [0.1, 0.15) is 29.7 Å². The number of ether oxygens (including phenoxy) is 3. The summed E-state index contributed by atoms with van der Waals surface area (Å²) >= 11 is 0. The minimum Gasteiger partial charge on any atom is -0.489 e. The van der Waals surface area contributed by atoms with Crippen LogP contribution in [0.2, 0.25) is 0 Å². The SMILES string of the molecule is CCC1CC(C(=O)Oc2cc(F)cc(OCc3ccc(-n4ccnc4C)cc3)c2)CCO1. The second kappa shape index (κ2) is 9.96. The van der Waals surface area contributed by atoms with Crippen LogP contribution in [0.25, 0.3) is 5.69 Å². The van der Waals surface area contributed by atoms with E-state index >= 15 is 0 Å². The molecule has 0 saturated carbocycles. The largest absolute Gasteiger partial charge is 0.489 e. The first-order valence-electron chi connectivity index (χ1n) is 10.9. The van der Waals surface area contributed by atoms with E-state index in [1.165, 1.54) is 12.1 Å². The van der Waals surface area contributed by atoms with Crippen LogP contribution >= 0.6 is 0 Å². The summed E-state index contributed by atoms with van der Waals surface area (Å²) in [6.07, 6.45) is 5.82. The average molecular weight is 438 g/mol. The molecule has 3 aromatic rings. The summed E-state index contributed by atoms with van der Waals surface area (Å²) in [5, 5.41) is 0. The van der Waals surface area contributed by atoms with E-state index in [1.54, 1.807) is 12.3 Å². The smallest absolute Gasteiger partial charge is 0.314 e. The van der Waals surface area contributed by atoms with Crippen molar-refractivity contribution in [2.75, 3.05) is 6.61 Å². The molecule has 2 aromatic carbocycles. The molecule has 168 valence electrons. The molecule has 4 rings (SSSR count). The average Bonchev–Trinajstić information content (AvgIpc) is 3.23. The summed E-state index contributed by atoms with van der Waals surface area (Å²) in [6, 6.07) is 11.9. The molecular formula is C25H27FN2O4. The highest BCUT2D eigenvalue weighted by atomic mass is 19.1. The van der Waals surface area contributed by atoms with Crippen LogP contribution in [-0.4, -0.2) is 28.2 Å². The van der Waals surface area contributed by atoms with Crippen LogP contribution < -0.4 is 9.47 Å². The maximum Gasteiger partial charge on any atom is 0.314 e. The quantitative estimate of drug-likeness (QED) is 0.383. The van der Waals surface area contributed by atoms with E-state index in [9.17, 15) is 9.18 Å². The standard InChI is InChI=1S/C25H27FN2O4/c1-3-22-12-19(8-11-30-22)25(29)32-24-14-20(26)13-23(15-24)31-16-18-4-6-21(7-5-18)28-10-9-27-17(28)2/h4-7,9-10,13-15,19,22H,3,8,11-12,16H2,1-2H3. The summed E-state index contributed by atoms with van der Waals surface area (Å²) in [5.74, 6) is 0.250. The molecule has 2 heterocycles. The molecular weight excluding hydrogens is 411 g/mol. The zero-order valence-electron chi connectivity index (χ0n) is 18.3. The number of imidazole rings is 1. The Labute approximate surface area is 186 Å². The van der Waals surface area contributed by atoms with Crippen LogP contribution in [0.1, 0.15) is 37.6 Å². The Kier molecular flexibility index (Phi) is 6.85.